The molecule has 0 aliphatic heterocycles. The van der Waals surface area contributed by atoms with Crippen molar-refractivity contribution >= 4 is 41.8 Å². The molecule has 11 aromatic rings. The van der Waals surface area contributed by atoms with Gasteiger partial charge in [0, 0.05) is 42.5 Å². The molecule has 594 valence electrons. The summed E-state index contributed by atoms with van der Waals surface area (Å²) < 4.78 is 86.9. The number of phenolic OH excluding ortho intramolecular Hbond substituents is 3. The molecule has 0 radical (unpaired) electrons. The minimum atomic E-state index is -0.717. The first kappa shape index (κ1) is 86.8. The summed E-state index contributed by atoms with van der Waals surface area (Å²) in [7, 11) is 15.9. The Morgan fingerprint density at radius 2 is 0.591 bits per heavy atom. The molecule has 11 rings (SSSR count). The zero-order chi connectivity index (χ0) is 83.5. The molecule has 0 saturated heterocycles. The van der Waals surface area contributed by atoms with Gasteiger partial charge in [-0.1, -0.05) is 42.5 Å². The summed E-state index contributed by atoms with van der Waals surface area (Å²) in [5.41, 5.74) is 3.91. The zero-order valence-electron chi connectivity index (χ0n) is 64.2. The first-order valence-electron chi connectivity index (χ1n) is 34.1. The molecule has 0 aromatic heterocycles. The number of carbonyl (C=O) groups is 7. The van der Waals surface area contributed by atoms with E-state index in [1.165, 1.54) is 200 Å². The van der Waals surface area contributed by atoms with Crippen LogP contribution in [0.5, 0.6) is 103 Å². The molecule has 28 heteroatoms. The average Bonchev–Trinajstić information content (AvgIpc) is 0.776. The summed E-state index contributed by atoms with van der Waals surface area (Å²) in [5.74, 6) is 1.22. The molecular weight excluding hydrogens is 1490 g/mol. The van der Waals surface area contributed by atoms with Gasteiger partial charge >= 0.3 is 41.8 Å². The van der Waals surface area contributed by atoms with Gasteiger partial charge in [0.15, 0.2) is 23.0 Å². The number of rotatable bonds is 24. The molecule has 3 N–H and O–H groups in total. The van der Waals surface area contributed by atoms with E-state index >= 15 is 0 Å². The Bertz CT molecular complexity index is 5180. The topological polar surface area (TPSA) is 361 Å². The van der Waals surface area contributed by atoms with Crippen molar-refractivity contribution in [3.8, 4) is 121 Å². The van der Waals surface area contributed by atoms with Crippen LogP contribution >= 0.6 is 0 Å². The second-order valence-electron chi connectivity index (χ2n) is 22.9. The van der Waals surface area contributed by atoms with E-state index in [4.69, 9.17) is 76.3 Å². The highest BCUT2D eigenvalue weighted by molar-refractivity contribution is 5.98. The third kappa shape index (κ3) is 24.8. The van der Waals surface area contributed by atoms with E-state index < -0.39 is 41.8 Å². The second-order valence-corrected chi connectivity index (χ2v) is 22.9. The van der Waals surface area contributed by atoms with E-state index in [0.717, 1.165) is 11.1 Å². The first-order valence-corrected chi connectivity index (χ1v) is 34.1. The third-order valence-electron chi connectivity index (χ3n) is 15.8. The first-order chi connectivity index (χ1) is 55.5. The molecule has 0 bridgehead atoms. The van der Waals surface area contributed by atoms with E-state index in [-0.39, 0.29) is 50.8 Å². The predicted molar refractivity (Wildman–Crippen MR) is 417 cm³/mol. The molecule has 0 heterocycles. The highest BCUT2D eigenvalue weighted by atomic mass is 16.6. The molecule has 0 unspecified atom stereocenters. The third-order valence-corrected chi connectivity index (χ3v) is 15.8. The van der Waals surface area contributed by atoms with E-state index in [9.17, 15) is 48.9 Å². The molecule has 28 nitrogen and oxygen atoms in total. The summed E-state index contributed by atoms with van der Waals surface area (Å²) >= 11 is 0. The molecule has 0 saturated carbocycles. The van der Waals surface area contributed by atoms with Crippen molar-refractivity contribution in [2.24, 2.45) is 0 Å². The molecule has 0 aliphatic rings. The Labute approximate surface area is 661 Å². The van der Waals surface area contributed by atoms with Crippen LogP contribution in [-0.2, 0) is 9.47 Å². The number of hydrogen-bond donors (Lipinski definition) is 3. The van der Waals surface area contributed by atoms with Gasteiger partial charge in [-0.05, 0) is 164 Å². The van der Waals surface area contributed by atoms with Gasteiger partial charge in [-0.3, -0.25) is 0 Å². The van der Waals surface area contributed by atoms with Crippen LogP contribution in [0.25, 0.3) is 11.1 Å². The van der Waals surface area contributed by atoms with E-state index in [1.54, 1.807) is 66.7 Å². The number of phenols is 3. The number of ether oxygens (including phenoxy) is 17. The predicted octanol–water partition coefficient (Wildman–Crippen LogP) is 15.2. The number of methoxy groups -OCH3 is 11. The molecule has 0 spiro atoms. The van der Waals surface area contributed by atoms with Crippen molar-refractivity contribution in [2.75, 3.05) is 84.8 Å². The van der Waals surface area contributed by atoms with Crippen LogP contribution < -0.4 is 71.1 Å². The normalized spacial score (nSPS) is 9.94. The lowest BCUT2D eigenvalue weighted by Crippen LogP contribution is -2.11. The Morgan fingerprint density at radius 3 is 0.974 bits per heavy atom. The molecule has 0 aliphatic carbocycles. The maximum Gasteiger partial charge on any atom is 0.347 e. The van der Waals surface area contributed by atoms with Crippen molar-refractivity contribution in [1.29, 1.82) is 5.26 Å². The van der Waals surface area contributed by atoms with E-state index in [1.807, 2.05) is 55.5 Å². The van der Waals surface area contributed by atoms with E-state index in [0.29, 0.717) is 104 Å². The van der Waals surface area contributed by atoms with Crippen molar-refractivity contribution in [3.05, 3.63) is 275 Å². The standard InChI is InChI=1S/C20H16O4.C18H20O7.C18H18O6.C16H14O6.C15H11NO4/c1-23-17-11-12-18(19(21)13-17)20(22)24-16-9-7-15(8-10-16)14-5-3-2-4-6-14;1-20-13-7-6-11(8-15(13)22-3)25-18(19)12-9-16(23-4)17(24-5)10-14(12)21-2;1-4-23-14-9-10-15(16(11-14)21-2)18(20)24-13-7-5-12(6-8-13)17(19)22-3;1-20-12-7-8-13(14(17)9-12)16(19)22-11-5-3-10(4-6-11)15(18)21-2;1-19-12-6-7-13(14(17)8-12)15(18)20-11-4-2-10(9-16)3-5-11/h2-13,21H,1H3;6-10H,1-5H3;5-11H,4H2,1-3H3;3-9,17H,1-2H3;2-8,17H,1H3. The van der Waals surface area contributed by atoms with Gasteiger partial charge in [-0.15, -0.1) is 0 Å². The number of aromatic hydroxyl groups is 3. The maximum absolute atomic E-state index is 12.5. The lowest BCUT2D eigenvalue weighted by Gasteiger charge is -2.14. The SMILES string of the molecule is CCOc1ccc(C(=O)Oc2ccc(C(=O)OC)cc2)c(OC)c1.COC(=O)c1ccc(OC(=O)c2ccc(OC)cc2O)cc1.COc1ccc(C(=O)Oc2ccc(-c3ccccc3)cc2)c(O)c1.COc1ccc(C(=O)Oc2ccc(C#N)cc2)c(O)c1.COc1ccc(OC(=O)c2cc(OC)c(OC)cc2OC)cc1OC. The van der Waals surface area contributed by atoms with Crippen molar-refractivity contribution < 1.29 is 129 Å². The van der Waals surface area contributed by atoms with Gasteiger partial charge in [0.05, 0.1) is 108 Å². The summed E-state index contributed by atoms with van der Waals surface area (Å²) in [5, 5.41) is 38.1. The maximum atomic E-state index is 12.5. The number of nitrogens with zero attached hydrogens (tertiary/aromatic N) is 1. The van der Waals surface area contributed by atoms with E-state index in [2.05, 4.69) is 9.47 Å². The number of hydrogen-bond acceptors (Lipinski definition) is 28. The van der Waals surface area contributed by atoms with Crippen LogP contribution in [0.15, 0.2) is 231 Å². The average molecular weight is 1570 g/mol. The fourth-order valence-corrected chi connectivity index (χ4v) is 9.91. The van der Waals surface area contributed by atoms with Gasteiger partial charge in [0.1, 0.15) is 108 Å². The Hall–Kier alpha value is -15.4. The highest BCUT2D eigenvalue weighted by Crippen LogP contribution is 2.38. The fraction of sp³-hybridized carbons (Fsp3) is 0.149. The summed E-state index contributed by atoms with van der Waals surface area (Å²) in [6, 6.07) is 62.9. The van der Waals surface area contributed by atoms with Crippen molar-refractivity contribution in [2.45, 2.75) is 6.92 Å². The Morgan fingerprint density at radius 1 is 0.278 bits per heavy atom. The monoisotopic (exact) mass is 1570 g/mol. The van der Waals surface area contributed by atoms with Crippen molar-refractivity contribution in [1.82, 2.24) is 0 Å². The van der Waals surface area contributed by atoms with Crippen molar-refractivity contribution in [3.63, 3.8) is 0 Å². The number of carbonyl (C=O) groups excluding carboxylic acids is 7. The Balaban J connectivity index is 0.000000199. The minimum Gasteiger partial charge on any atom is -0.507 e. The van der Waals surface area contributed by atoms with Gasteiger partial charge in [-0.2, -0.15) is 5.26 Å². The molecule has 0 fully saturated rings. The summed E-state index contributed by atoms with van der Waals surface area (Å²) in [6.45, 7) is 2.38. The lowest BCUT2D eigenvalue weighted by atomic mass is 10.1. The van der Waals surface area contributed by atoms with Crippen LogP contribution in [0.2, 0.25) is 0 Å². The van der Waals surface area contributed by atoms with Gasteiger partial charge in [0.2, 0.25) is 0 Å². The number of esters is 7. The smallest absolute Gasteiger partial charge is 0.347 e. The van der Waals surface area contributed by atoms with Crippen LogP contribution in [0.3, 0.4) is 0 Å². The van der Waals surface area contributed by atoms with Gasteiger partial charge in [-0.25, -0.2) is 33.6 Å². The molecule has 0 amide bonds. The van der Waals surface area contributed by atoms with Crippen LogP contribution in [0.1, 0.15) is 85.0 Å². The number of nitriles is 1. The largest absolute Gasteiger partial charge is 0.507 e. The zero-order valence-corrected chi connectivity index (χ0v) is 64.2. The lowest BCUT2D eigenvalue weighted by molar-refractivity contribution is 0.0591. The van der Waals surface area contributed by atoms with Gasteiger partial charge < -0.3 is 95.8 Å². The highest BCUT2D eigenvalue weighted by Gasteiger charge is 2.23. The Kier molecular flexibility index (Phi) is 33.0. The van der Waals surface area contributed by atoms with Crippen LogP contribution in [0.4, 0.5) is 0 Å². The molecule has 0 atom stereocenters. The quantitative estimate of drug-likeness (QED) is 0.0373. The molecule has 115 heavy (non-hydrogen) atoms. The molecular formula is C87H79NO27. The minimum absolute atomic E-state index is 0.0119. The number of benzene rings is 11. The fourth-order valence-electron chi connectivity index (χ4n) is 9.91. The summed E-state index contributed by atoms with van der Waals surface area (Å²) in [6.07, 6.45) is 0. The van der Waals surface area contributed by atoms with Crippen LogP contribution in [-0.4, -0.2) is 142 Å². The molecule has 11 aromatic carbocycles. The van der Waals surface area contributed by atoms with Crippen LogP contribution in [0, 0.1) is 11.3 Å². The summed E-state index contributed by atoms with van der Waals surface area (Å²) in [4.78, 5) is 83.6. The van der Waals surface area contributed by atoms with Gasteiger partial charge in [0.25, 0.3) is 0 Å². The second kappa shape index (κ2) is 43.7.